The Morgan fingerprint density at radius 3 is 2.80 bits per heavy atom. The van der Waals surface area contributed by atoms with Gasteiger partial charge in [-0.25, -0.2) is 13.6 Å². The van der Waals surface area contributed by atoms with Crippen molar-refractivity contribution in [2.75, 3.05) is 50.8 Å². The molecule has 4 aliphatic heterocycles. The summed E-state index contributed by atoms with van der Waals surface area (Å²) in [5, 5.41) is 0.536. The van der Waals surface area contributed by atoms with Crippen molar-refractivity contribution in [3.05, 3.63) is 35.1 Å². The fourth-order valence-corrected chi connectivity index (χ4v) is 7.92. The maximum absolute atomic E-state index is 15.6. The van der Waals surface area contributed by atoms with Gasteiger partial charge in [0.05, 0.1) is 21.7 Å². The minimum Gasteiger partial charge on any atom is -0.461 e. The monoisotopic (exact) mass is 677 g/mol. The smallest absolute Gasteiger partial charge is 0.410 e. The zero-order valence-electron chi connectivity index (χ0n) is 25.8. The maximum atomic E-state index is 15.6. The second kappa shape index (κ2) is 12.0. The summed E-state index contributed by atoms with van der Waals surface area (Å²) in [5.41, 5.74) is -1.71. The number of halogens is 3. The molecule has 0 N–H and O–H groups in total. The van der Waals surface area contributed by atoms with Crippen molar-refractivity contribution < 1.29 is 27.8 Å². The molecule has 0 aliphatic carbocycles. The van der Waals surface area contributed by atoms with Gasteiger partial charge in [-0.1, -0.05) is 6.08 Å². The van der Waals surface area contributed by atoms with Crippen LogP contribution in [0.2, 0.25) is 0 Å². The van der Waals surface area contributed by atoms with E-state index in [1.807, 2.05) is 26.8 Å². The van der Waals surface area contributed by atoms with Crippen LogP contribution < -0.4 is 9.64 Å². The molecule has 6 rings (SSSR count). The molecule has 4 saturated heterocycles. The van der Waals surface area contributed by atoms with Crippen LogP contribution in [0.1, 0.15) is 59.3 Å². The zero-order chi connectivity index (χ0) is 31.3. The van der Waals surface area contributed by atoms with Crippen molar-refractivity contribution >= 4 is 38.7 Å². The van der Waals surface area contributed by atoms with Gasteiger partial charge >= 0.3 is 12.1 Å². The first-order chi connectivity index (χ1) is 20.9. The van der Waals surface area contributed by atoms with E-state index in [0.717, 1.165) is 32.2 Å². The van der Waals surface area contributed by atoms with Crippen LogP contribution in [0.25, 0.3) is 10.9 Å². The fraction of sp³-hybridized carbons (Fsp3) is 0.656. The van der Waals surface area contributed by atoms with Gasteiger partial charge < -0.3 is 19.1 Å². The third-order valence-electron chi connectivity index (χ3n) is 9.49. The van der Waals surface area contributed by atoms with Crippen LogP contribution in [0.3, 0.4) is 0 Å². The summed E-state index contributed by atoms with van der Waals surface area (Å²) >= 11 is 3.30. The first-order valence-corrected chi connectivity index (χ1v) is 16.4. The number of carbonyl (C=O) groups is 1. The molecular formula is C32H42BrF2N5O4. The minimum atomic E-state index is -0.891. The quantitative estimate of drug-likeness (QED) is 0.329. The third kappa shape index (κ3) is 5.77. The number of rotatable bonds is 7. The van der Waals surface area contributed by atoms with Crippen LogP contribution in [-0.4, -0.2) is 101 Å². The molecular weight excluding hydrogens is 636 g/mol. The average molecular weight is 679 g/mol. The molecule has 4 aliphatic rings. The summed E-state index contributed by atoms with van der Waals surface area (Å²) in [7, 11) is 0. The van der Waals surface area contributed by atoms with Gasteiger partial charge in [0, 0.05) is 44.6 Å². The number of carbonyl (C=O) groups excluding carboxylic acids is 1. The van der Waals surface area contributed by atoms with Gasteiger partial charge in [0.2, 0.25) is 0 Å². The molecule has 0 spiro atoms. The number of hydrogen-bond donors (Lipinski definition) is 0. The van der Waals surface area contributed by atoms with Crippen molar-refractivity contribution in [1.82, 2.24) is 19.8 Å². The normalized spacial score (nSPS) is 29.3. The van der Waals surface area contributed by atoms with Crippen molar-refractivity contribution in [3.8, 4) is 6.01 Å². The van der Waals surface area contributed by atoms with E-state index in [0.29, 0.717) is 56.8 Å². The van der Waals surface area contributed by atoms with E-state index in [4.69, 9.17) is 19.2 Å². The number of aromatic nitrogens is 2. The van der Waals surface area contributed by atoms with Gasteiger partial charge in [0.15, 0.2) is 5.82 Å². The molecule has 240 valence electrons. The lowest BCUT2D eigenvalue weighted by Gasteiger charge is -2.53. The van der Waals surface area contributed by atoms with E-state index in [-0.39, 0.29) is 28.7 Å². The molecule has 12 heteroatoms. The van der Waals surface area contributed by atoms with E-state index in [1.54, 1.807) is 17.0 Å². The van der Waals surface area contributed by atoms with Crippen LogP contribution >= 0.6 is 15.9 Å². The predicted molar refractivity (Wildman–Crippen MR) is 167 cm³/mol. The van der Waals surface area contributed by atoms with E-state index < -0.39 is 34.8 Å². The van der Waals surface area contributed by atoms with Crippen LogP contribution in [0.5, 0.6) is 6.01 Å². The van der Waals surface area contributed by atoms with E-state index >= 15 is 4.39 Å². The Bertz CT molecular complexity index is 1420. The first-order valence-electron chi connectivity index (χ1n) is 15.6. The Balaban J connectivity index is 1.38. The zero-order valence-corrected chi connectivity index (χ0v) is 27.4. The summed E-state index contributed by atoms with van der Waals surface area (Å²) in [4.78, 5) is 29.1. The van der Waals surface area contributed by atoms with Crippen LogP contribution in [0, 0.1) is 5.82 Å². The predicted octanol–water partition coefficient (Wildman–Crippen LogP) is 6.04. The topological polar surface area (TPSA) is 80.3 Å². The lowest BCUT2D eigenvalue weighted by Crippen LogP contribution is -2.69. The first kappa shape index (κ1) is 31.4. The van der Waals surface area contributed by atoms with Crippen LogP contribution in [0.4, 0.5) is 19.4 Å². The average Bonchev–Trinajstić information content (AvgIpc) is 3.70. The molecule has 0 bridgehead atoms. The summed E-state index contributed by atoms with van der Waals surface area (Å²) in [6.07, 6.45) is 4.67. The highest BCUT2D eigenvalue weighted by Crippen LogP contribution is 2.42. The third-order valence-corrected chi connectivity index (χ3v) is 10.1. The second-order valence-corrected chi connectivity index (χ2v) is 14.5. The minimum absolute atomic E-state index is 0.0500. The number of fused-ring (bicyclic) bond motifs is 2. The molecule has 0 unspecified atom stereocenters. The fourth-order valence-electron chi connectivity index (χ4n) is 7.60. The van der Waals surface area contributed by atoms with Crippen molar-refractivity contribution in [3.63, 3.8) is 0 Å². The van der Waals surface area contributed by atoms with Crippen molar-refractivity contribution in [2.24, 2.45) is 0 Å². The second-order valence-electron chi connectivity index (χ2n) is 13.6. The number of nitrogens with zero attached hydrogens (tertiary/aromatic N) is 5. The standard InChI is InChI=1S/C32H42BrF2N5O4/c1-5-11-32(24-8-6-16-42-24)19-38(14-15-40(32)29(41)44-30(2,3)4)27-22-9-10-23(33)25(35)26(22)36-28(37-27)43-20-31-12-7-13-39(31)18-21(34)17-31/h5,9-10,21,24H,1,6-8,11-20H2,2-4H3/t21-,24+,31+,32-/m1/s1. The molecule has 4 fully saturated rings. The lowest BCUT2D eigenvalue weighted by atomic mass is 9.82. The summed E-state index contributed by atoms with van der Waals surface area (Å²) in [6.45, 7) is 12.8. The Kier molecular flexibility index (Phi) is 8.55. The maximum Gasteiger partial charge on any atom is 0.410 e. The number of hydrogen-bond acceptors (Lipinski definition) is 8. The Labute approximate surface area is 266 Å². The highest BCUT2D eigenvalue weighted by Gasteiger charge is 2.52. The van der Waals surface area contributed by atoms with Gasteiger partial charge in [0.25, 0.3) is 0 Å². The summed E-state index contributed by atoms with van der Waals surface area (Å²) in [5.74, 6) is 0.00691. The number of anilines is 1. The number of benzene rings is 1. The number of piperazine rings is 1. The highest BCUT2D eigenvalue weighted by molar-refractivity contribution is 9.10. The Morgan fingerprint density at radius 1 is 1.25 bits per heavy atom. The summed E-state index contributed by atoms with van der Waals surface area (Å²) < 4.78 is 48.7. The molecule has 44 heavy (non-hydrogen) atoms. The van der Waals surface area contributed by atoms with Gasteiger partial charge in [-0.3, -0.25) is 9.80 Å². The highest BCUT2D eigenvalue weighted by atomic mass is 79.9. The molecule has 9 nitrogen and oxygen atoms in total. The number of ether oxygens (including phenoxy) is 3. The number of alkyl halides is 1. The van der Waals surface area contributed by atoms with Gasteiger partial charge in [-0.05, 0) is 87.5 Å². The van der Waals surface area contributed by atoms with Crippen LogP contribution in [-0.2, 0) is 9.47 Å². The van der Waals surface area contributed by atoms with Gasteiger partial charge in [-0.2, -0.15) is 9.97 Å². The lowest BCUT2D eigenvalue weighted by molar-refractivity contribution is -0.0611. The van der Waals surface area contributed by atoms with E-state index in [1.165, 1.54) is 0 Å². The Hall–Kier alpha value is -2.57. The molecule has 1 aromatic carbocycles. The Morgan fingerprint density at radius 2 is 2.07 bits per heavy atom. The molecule has 2 aromatic rings. The number of amides is 1. The molecule has 0 radical (unpaired) electrons. The van der Waals surface area contributed by atoms with Crippen molar-refractivity contribution in [2.45, 2.75) is 88.3 Å². The molecule has 0 saturated carbocycles. The van der Waals surface area contributed by atoms with Gasteiger partial charge in [0.1, 0.15) is 29.7 Å². The molecule has 1 aromatic heterocycles. The summed E-state index contributed by atoms with van der Waals surface area (Å²) in [6, 6.07) is 3.49. The molecule has 5 heterocycles. The molecule has 4 atom stereocenters. The van der Waals surface area contributed by atoms with E-state index in [2.05, 4.69) is 37.3 Å². The molecule has 1 amide bonds. The SMILES string of the molecule is C=CC[C@]1([C@@H]2CCCO2)CN(c2nc(OC[C@@]34CCCN3C[C@H](F)C4)nc3c(F)c(Br)ccc23)CCN1C(=O)OC(C)(C)C. The van der Waals surface area contributed by atoms with E-state index in [9.17, 15) is 9.18 Å². The van der Waals surface area contributed by atoms with Gasteiger partial charge in [-0.15, -0.1) is 6.58 Å². The largest absolute Gasteiger partial charge is 0.461 e. The van der Waals surface area contributed by atoms with Crippen molar-refractivity contribution in [1.29, 1.82) is 0 Å². The van der Waals surface area contributed by atoms with Crippen LogP contribution in [0.15, 0.2) is 29.3 Å².